The number of rotatable bonds is 5. The number of aryl methyl sites for hydroxylation is 3. The van der Waals surface area contributed by atoms with Crippen LogP contribution in [0.1, 0.15) is 23.5 Å². The normalized spacial score (nSPS) is 12.0. The van der Waals surface area contributed by atoms with Crippen LogP contribution in [0.3, 0.4) is 0 Å². The smallest absolute Gasteiger partial charge is 0.272 e. The van der Waals surface area contributed by atoms with E-state index in [1.54, 1.807) is 10.8 Å². The molecule has 7 nitrogen and oxygen atoms in total. The van der Waals surface area contributed by atoms with Crippen molar-refractivity contribution < 1.29 is 8.78 Å². The summed E-state index contributed by atoms with van der Waals surface area (Å²) in [6, 6.07) is 10.9. The first-order valence-electron chi connectivity index (χ1n) is 10.4. The molecule has 0 N–H and O–H groups in total. The molecule has 164 valence electrons. The lowest BCUT2D eigenvalue weighted by atomic mass is 10.0. The summed E-state index contributed by atoms with van der Waals surface area (Å²) in [5.41, 5.74) is 3.71. The minimum absolute atomic E-state index is 0.249. The van der Waals surface area contributed by atoms with Crippen LogP contribution in [0.4, 0.5) is 8.78 Å². The average molecular weight is 462 g/mol. The minimum Gasteiger partial charge on any atom is -0.272 e. The summed E-state index contributed by atoms with van der Waals surface area (Å²) in [5.74, 6) is 0.666. The summed E-state index contributed by atoms with van der Waals surface area (Å²) in [5, 5.41) is 9.60. The lowest BCUT2D eigenvalue weighted by molar-refractivity contribution is 0.146. The van der Waals surface area contributed by atoms with Crippen LogP contribution < -0.4 is 0 Å². The van der Waals surface area contributed by atoms with E-state index in [9.17, 15) is 8.78 Å². The van der Waals surface area contributed by atoms with Crippen molar-refractivity contribution in [3.63, 3.8) is 0 Å². The van der Waals surface area contributed by atoms with Gasteiger partial charge in [0.25, 0.3) is 6.43 Å². The monoisotopic (exact) mass is 461 g/mol. The molecule has 0 saturated heterocycles. The molecule has 0 amide bonds. The number of benzene rings is 1. The molecule has 0 fully saturated rings. The molecule has 0 saturated carbocycles. The molecule has 0 bridgehead atoms. The molecule has 5 aromatic heterocycles. The molecule has 0 radical (unpaired) electrons. The molecular formula is C23H17F2N7S. The van der Waals surface area contributed by atoms with Gasteiger partial charge >= 0.3 is 0 Å². The highest BCUT2D eigenvalue weighted by molar-refractivity contribution is 7.26. The fourth-order valence-electron chi connectivity index (χ4n) is 3.96. The van der Waals surface area contributed by atoms with Crippen molar-refractivity contribution in [2.45, 2.75) is 26.3 Å². The molecule has 0 atom stereocenters. The maximum atomic E-state index is 13.6. The van der Waals surface area contributed by atoms with E-state index in [1.807, 2.05) is 54.3 Å². The van der Waals surface area contributed by atoms with Gasteiger partial charge in [0.1, 0.15) is 21.6 Å². The number of nitrogens with zero attached hydrogens (tertiary/aromatic N) is 7. The van der Waals surface area contributed by atoms with Gasteiger partial charge in [-0.2, -0.15) is 5.10 Å². The van der Waals surface area contributed by atoms with E-state index >= 15 is 0 Å². The Morgan fingerprint density at radius 1 is 1.12 bits per heavy atom. The third-order valence-corrected chi connectivity index (χ3v) is 6.54. The Bertz CT molecular complexity index is 1620. The van der Waals surface area contributed by atoms with E-state index in [-0.39, 0.29) is 5.69 Å². The molecule has 0 aliphatic carbocycles. The van der Waals surface area contributed by atoms with E-state index in [0.717, 1.165) is 21.2 Å². The summed E-state index contributed by atoms with van der Waals surface area (Å²) in [6.07, 6.45) is 3.35. The number of hydrogen-bond donors (Lipinski definition) is 0. The Balaban J connectivity index is 1.52. The Hall–Kier alpha value is -3.79. The molecule has 0 aliphatic rings. The molecule has 10 heteroatoms. The largest absolute Gasteiger partial charge is 0.280 e. The Morgan fingerprint density at radius 2 is 1.97 bits per heavy atom. The highest BCUT2D eigenvalue weighted by Gasteiger charge is 2.21. The Labute approximate surface area is 190 Å². The highest BCUT2D eigenvalue weighted by Crippen LogP contribution is 2.40. The van der Waals surface area contributed by atoms with Gasteiger partial charge in [-0.3, -0.25) is 4.68 Å². The summed E-state index contributed by atoms with van der Waals surface area (Å²) in [4.78, 5) is 14.1. The number of fused-ring (bicyclic) bond motifs is 5. The topological polar surface area (TPSA) is 73.8 Å². The van der Waals surface area contributed by atoms with Crippen LogP contribution in [0.25, 0.3) is 37.2 Å². The average Bonchev–Trinajstić information content (AvgIpc) is 3.53. The zero-order chi connectivity index (χ0) is 22.5. The molecule has 33 heavy (non-hydrogen) atoms. The fourth-order valence-corrected chi connectivity index (χ4v) is 5.09. The summed E-state index contributed by atoms with van der Waals surface area (Å²) >= 11 is 1.31. The van der Waals surface area contributed by atoms with E-state index in [0.29, 0.717) is 40.3 Å². The van der Waals surface area contributed by atoms with Gasteiger partial charge in [0.05, 0.1) is 11.7 Å². The first-order valence-corrected chi connectivity index (χ1v) is 11.2. The van der Waals surface area contributed by atoms with Gasteiger partial charge in [-0.1, -0.05) is 30.3 Å². The molecule has 1 aromatic carbocycles. The Morgan fingerprint density at radius 3 is 2.73 bits per heavy atom. The van der Waals surface area contributed by atoms with Crippen molar-refractivity contribution in [1.29, 1.82) is 0 Å². The SMILES string of the molecule is Cc1cnn(CCc2nc3c4sc5nc(C(F)F)cc(-c6ccccc6)c5c4ncn3n2)c1. The third kappa shape index (κ3) is 3.43. The quantitative estimate of drug-likeness (QED) is 0.351. The predicted molar refractivity (Wildman–Crippen MR) is 123 cm³/mol. The second-order valence-corrected chi connectivity index (χ2v) is 8.79. The van der Waals surface area contributed by atoms with Crippen molar-refractivity contribution in [2.24, 2.45) is 0 Å². The zero-order valence-corrected chi connectivity index (χ0v) is 18.3. The van der Waals surface area contributed by atoms with Crippen molar-refractivity contribution in [1.82, 2.24) is 34.3 Å². The molecule has 0 aliphatic heterocycles. The van der Waals surface area contributed by atoms with Crippen molar-refractivity contribution >= 4 is 37.4 Å². The standard InChI is InChI=1S/C23H17F2N7S/c1-13-10-27-31(11-13)8-7-17-29-22-20-19(26-12-32(22)30-17)18-15(14-5-3-2-4-6-14)9-16(21(24)25)28-23(18)33-20/h2-6,9-12,21H,7-8H2,1H3. The Kier molecular flexibility index (Phi) is 4.61. The van der Waals surface area contributed by atoms with E-state index in [1.165, 1.54) is 17.4 Å². The molecule has 5 heterocycles. The fraction of sp³-hybridized carbons (Fsp3) is 0.174. The summed E-state index contributed by atoms with van der Waals surface area (Å²) < 4.78 is 31.5. The van der Waals surface area contributed by atoms with Gasteiger partial charge in [-0.15, -0.1) is 16.4 Å². The van der Waals surface area contributed by atoms with Crippen molar-refractivity contribution in [2.75, 3.05) is 0 Å². The van der Waals surface area contributed by atoms with Crippen molar-refractivity contribution in [3.8, 4) is 11.1 Å². The van der Waals surface area contributed by atoms with Gasteiger partial charge in [0, 0.05) is 24.5 Å². The van der Waals surface area contributed by atoms with Crippen LogP contribution in [0.15, 0.2) is 55.1 Å². The number of pyridine rings is 1. The maximum Gasteiger partial charge on any atom is 0.280 e. The van der Waals surface area contributed by atoms with Gasteiger partial charge in [0.15, 0.2) is 11.5 Å². The van der Waals surface area contributed by atoms with Crippen LogP contribution in [-0.4, -0.2) is 34.3 Å². The van der Waals surface area contributed by atoms with E-state index in [4.69, 9.17) is 4.98 Å². The van der Waals surface area contributed by atoms with Crippen LogP contribution in [0.5, 0.6) is 0 Å². The highest BCUT2D eigenvalue weighted by atomic mass is 32.1. The van der Waals surface area contributed by atoms with Crippen LogP contribution >= 0.6 is 11.3 Å². The summed E-state index contributed by atoms with van der Waals surface area (Å²) in [6.45, 7) is 2.65. The molecule has 0 unspecified atom stereocenters. The van der Waals surface area contributed by atoms with Gasteiger partial charge < -0.3 is 0 Å². The molecule has 6 aromatic rings. The maximum absolute atomic E-state index is 13.6. The minimum atomic E-state index is -2.67. The lowest BCUT2D eigenvalue weighted by Gasteiger charge is -2.07. The zero-order valence-electron chi connectivity index (χ0n) is 17.5. The first kappa shape index (κ1) is 19.9. The van der Waals surface area contributed by atoms with E-state index < -0.39 is 6.43 Å². The second kappa shape index (κ2) is 7.66. The third-order valence-electron chi connectivity index (χ3n) is 5.47. The van der Waals surface area contributed by atoms with Gasteiger partial charge in [-0.05, 0) is 29.7 Å². The molecular weight excluding hydrogens is 444 g/mol. The van der Waals surface area contributed by atoms with Crippen LogP contribution in [0.2, 0.25) is 0 Å². The van der Waals surface area contributed by atoms with Crippen LogP contribution in [0, 0.1) is 6.92 Å². The van der Waals surface area contributed by atoms with Crippen molar-refractivity contribution in [3.05, 3.63) is 72.2 Å². The molecule has 0 spiro atoms. The second-order valence-electron chi connectivity index (χ2n) is 7.79. The van der Waals surface area contributed by atoms with Gasteiger partial charge in [-0.25, -0.2) is 28.2 Å². The number of alkyl halides is 2. The van der Waals surface area contributed by atoms with Crippen LogP contribution in [-0.2, 0) is 13.0 Å². The van der Waals surface area contributed by atoms with E-state index in [2.05, 4.69) is 20.2 Å². The predicted octanol–water partition coefficient (Wildman–Crippen LogP) is 5.24. The first-order chi connectivity index (χ1) is 16.1. The van der Waals surface area contributed by atoms with Gasteiger partial charge in [0.2, 0.25) is 0 Å². The number of thiophene rings is 1. The lowest BCUT2D eigenvalue weighted by Crippen LogP contribution is -2.03. The number of aromatic nitrogens is 7. The number of hydrogen-bond acceptors (Lipinski definition) is 6. The molecule has 6 rings (SSSR count). The summed E-state index contributed by atoms with van der Waals surface area (Å²) in [7, 11) is 0. The number of halogens is 2.